The summed E-state index contributed by atoms with van der Waals surface area (Å²) in [4.78, 5) is 0. The first-order valence-corrected chi connectivity index (χ1v) is 10.7. The third-order valence-corrected chi connectivity index (χ3v) is 5.13. The van der Waals surface area contributed by atoms with Gasteiger partial charge in [0.25, 0.3) is 0 Å². The van der Waals surface area contributed by atoms with E-state index in [0.717, 1.165) is 43.3 Å². The van der Waals surface area contributed by atoms with Crippen LogP contribution in [0.25, 0.3) is 22.2 Å². The van der Waals surface area contributed by atoms with Gasteiger partial charge in [0.1, 0.15) is 17.3 Å². The normalized spacial score (nSPS) is 11.3. The van der Waals surface area contributed by atoms with Crippen molar-refractivity contribution < 1.29 is 9.13 Å². The van der Waals surface area contributed by atoms with Gasteiger partial charge in [0.15, 0.2) is 0 Å². The molecule has 2 aromatic carbocycles. The van der Waals surface area contributed by atoms with Crippen LogP contribution < -0.4 is 10.1 Å². The lowest BCUT2D eigenvalue weighted by molar-refractivity contribution is 0.303. The molecule has 0 unspecified atom stereocenters. The summed E-state index contributed by atoms with van der Waals surface area (Å²) >= 11 is 0. The van der Waals surface area contributed by atoms with Crippen LogP contribution in [0.4, 0.5) is 4.39 Å². The number of ether oxygens (including phenoxy) is 1. The highest BCUT2D eigenvalue weighted by molar-refractivity contribution is 5.93. The molecule has 5 heteroatoms. The number of hydrogen-bond acceptors (Lipinski definition) is 3. The molecule has 0 saturated carbocycles. The molecule has 0 bridgehead atoms. The van der Waals surface area contributed by atoms with Gasteiger partial charge < -0.3 is 10.1 Å². The van der Waals surface area contributed by atoms with E-state index in [4.69, 9.17) is 9.84 Å². The topological polar surface area (TPSA) is 39.1 Å². The molecule has 3 rings (SSSR count). The Morgan fingerprint density at radius 1 is 1.07 bits per heavy atom. The Bertz CT molecular complexity index is 935. The third-order valence-electron chi connectivity index (χ3n) is 5.13. The fourth-order valence-corrected chi connectivity index (χ4v) is 3.59. The molecule has 0 aliphatic carbocycles. The molecule has 4 nitrogen and oxygen atoms in total. The van der Waals surface area contributed by atoms with E-state index in [9.17, 15) is 4.39 Å². The van der Waals surface area contributed by atoms with E-state index in [1.54, 1.807) is 6.07 Å². The fourth-order valence-electron chi connectivity index (χ4n) is 3.59. The van der Waals surface area contributed by atoms with Crippen LogP contribution in [0.2, 0.25) is 0 Å². The minimum atomic E-state index is -0.292. The van der Waals surface area contributed by atoms with Crippen molar-refractivity contribution in [2.24, 2.45) is 0 Å². The molecule has 1 N–H and O–H groups in total. The second-order valence-electron chi connectivity index (χ2n) is 7.60. The van der Waals surface area contributed by atoms with E-state index in [1.165, 1.54) is 24.5 Å². The van der Waals surface area contributed by atoms with Crippen LogP contribution in [0, 0.1) is 12.7 Å². The minimum Gasteiger partial charge on any atom is -0.493 e. The molecule has 0 atom stereocenters. The second kappa shape index (κ2) is 10.4. The van der Waals surface area contributed by atoms with Gasteiger partial charge in [0.05, 0.1) is 12.1 Å². The van der Waals surface area contributed by atoms with Gasteiger partial charge in [-0.2, -0.15) is 5.10 Å². The Labute approximate surface area is 173 Å². The molecule has 0 saturated heterocycles. The van der Waals surface area contributed by atoms with Gasteiger partial charge in [-0.25, -0.2) is 4.39 Å². The summed E-state index contributed by atoms with van der Waals surface area (Å²) in [5, 5.41) is 8.86. The average Bonchev–Trinajstić information content (AvgIpc) is 3.05. The van der Waals surface area contributed by atoms with Crippen LogP contribution in [0.5, 0.6) is 5.75 Å². The maximum Gasteiger partial charge on any atom is 0.136 e. The number of hydrogen-bond donors (Lipinski definition) is 1. The predicted molar refractivity (Wildman–Crippen MR) is 118 cm³/mol. The summed E-state index contributed by atoms with van der Waals surface area (Å²) in [5.41, 5.74) is 3.45. The van der Waals surface area contributed by atoms with Crippen molar-refractivity contribution in [1.29, 1.82) is 0 Å². The van der Waals surface area contributed by atoms with E-state index in [-0.39, 0.29) is 5.82 Å². The van der Waals surface area contributed by atoms with Crippen molar-refractivity contribution in [3.05, 3.63) is 47.8 Å². The zero-order valence-electron chi connectivity index (χ0n) is 17.8. The van der Waals surface area contributed by atoms with E-state index >= 15 is 0 Å². The molecule has 156 valence electrons. The van der Waals surface area contributed by atoms with Gasteiger partial charge in [0.2, 0.25) is 0 Å². The maximum absolute atomic E-state index is 14.9. The molecule has 0 spiro atoms. The van der Waals surface area contributed by atoms with E-state index in [1.807, 2.05) is 23.9 Å². The highest BCUT2D eigenvalue weighted by Gasteiger charge is 2.16. The molecule has 0 amide bonds. The van der Waals surface area contributed by atoms with E-state index in [2.05, 4.69) is 31.3 Å². The Morgan fingerprint density at radius 3 is 2.66 bits per heavy atom. The predicted octanol–water partition coefficient (Wildman–Crippen LogP) is 5.72. The summed E-state index contributed by atoms with van der Waals surface area (Å²) in [6, 6.07) is 11.3. The van der Waals surface area contributed by atoms with Crippen LogP contribution in [0.3, 0.4) is 0 Å². The lowest BCUT2D eigenvalue weighted by Crippen LogP contribution is -2.07. The fraction of sp³-hybridized carbons (Fsp3) is 0.458. The van der Waals surface area contributed by atoms with Gasteiger partial charge in [-0.15, -0.1) is 0 Å². The first kappa shape index (κ1) is 21.3. The summed E-state index contributed by atoms with van der Waals surface area (Å²) in [6.45, 7) is 6.67. The number of fused-ring (bicyclic) bond motifs is 1. The zero-order chi connectivity index (χ0) is 20.6. The number of halogens is 1. The number of aromatic nitrogens is 2. The number of aryl methyl sites for hydroxylation is 2. The summed E-state index contributed by atoms with van der Waals surface area (Å²) in [7, 11) is 1.97. The molecule has 3 aromatic rings. The molecule has 0 aliphatic heterocycles. The first-order valence-electron chi connectivity index (χ1n) is 10.7. The van der Waals surface area contributed by atoms with Gasteiger partial charge in [-0.05, 0) is 63.5 Å². The number of benzene rings is 2. The SMILES string of the molecule is CCCn1nc(-c2ccc(OCCCCCCNC)cc2F)c2ccc(C)cc21. The quantitative estimate of drug-likeness (QED) is 0.421. The summed E-state index contributed by atoms with van der Waals surface area (Å²) in [5.74, 6) is 0.287. The monoisotopic (exact) mass is 397 g/mol. The molecule has 29 heavy (non-hydrogen) atoms. The van der Waals surface area contributed by atoms with Crippen molar-refractivity contribution >= 4 is 10.9 Å². The van der Waals surface area contributed by atoms with E-state index in [0.29, 0.717) is 23.6 Å². The zero-order valence-corrected chi connectivity index (χ0v) is 17.8. The molecule has 0 fully saturated rings. The van der Waals surface area contributed by atoms with Crippen LogP contribution in [0.15, 0.2) is 36.4 Å². The molecule has 0 aliphatic rings. The standard InChI is InChI=1S/C24H32FN3O/c1-4-14-28-23-16-18(2)9-11-21(23)24(27-28)20-12-10-19(17-22(20)25)29-15-8-6-5-7-13-26-3/h9-12,16-17,26H,4-8,13-15H2,1-3H3. The van der Waals surface area contributed by atoms with E-state index < -0.39 is 0 Å². The molecule has 1 aromatic heterocycles. The van der Waals surface area contributed by atoms with Crippen LogP contribution in [-0.4, -0.2) is 30.0 Å². The van der Waals surface area contributed by atoms with Crippen LogP contribution >= 0.6 is 0 Å². The minimum absolute atomic E-state index is 0.292. The van der Waals surface area contributed by atoms with Gasteiger partial charge in [0, 0.05) is 23.6 Å². The summed E-state index contributed by atoms with van der Waals surface area (Å²) in [6.07, 6.45) is 5.46. The molecular weight excluding hydrogens is 365 g/mol. The van der Waals surface area contributed by atoms with Crippen molar-refractivity contribution in [3.8, 4) is 17.0 Å². The number of rotatable bonds is 11. The first-order chi connectivity index (χ1) is 14.1. The van der Waals surface area contributed by atoms with Crippen molar-refractivity contribution in [2.75, 3.05) is 20.2 Å². The number of unbranched alkanes of at least 4 members (excludes halogenated alkanes) is 3. The van der Waals surface area contributed by atoms with Crippen molar-refractivity contribution in [1.82, 2.24) is 15.1 Å². The Morgan fingerprint density at radius 2 is 1.90 bits per heavy atom. The molecule has 1 heterocycles. The second-order valence-corrected chi connectivity index (χ2v) is 7.60. The Balaban J connectivity index is 1.72. The van der Waals surface area contributed by atoms with Gasteiger partial charge >= 0.3 is 0 Å². The lowest BCUT2D eigenvalue weighted by Gasteiger charge is -2.08. The Hall–Kier alpha value is -2.40. The Kier molecular flexibility index (Phi) is 7.64. The molecular formula is C24H32FN3O. The number of nitrogens with zero attached hydrogens (tertiary/aromatic N) is 2. The summed E-state index contributed by atoms with van der Waals surface area (Å²) < 4.78 is 22.6. The highest BCUT2D eigenvalue weighted by Crippen LogP contribution is 2.32. The lowest BCUT2D eigenvalue weighted by atomic mass is 10.1. The van der Waals surface area contributed by atoms with Crippen molar-refractivity contribution in [2.45, 2.75) is 52.5 Å². The average molecular weight is 398 g/mol. The van der Waals surface area contributed by atoms with Gasteiger partial charge in [-0.1, -0.05) is 31.9 Å². The largest absolute Gasteiger partial charge is 0.493 e. The smallest absolute Gasteiger partial charge is 0.136 e. The van der Waals surface area contributed by atoms with Crippen molar-refractivity contribution in [3.63, 3.8) is 0 Å². The molecule has 0 radical (unpaired) electrons. The van der Waals surface area contributed by atoms with Crippen LogP contribution in [-0.2, 0) is 6.54 Å². The third kappa shape index (κ3) is 5.36. The maximum atomic E-state index is 14.9. The highest BCUT2D eigenvalue weighted by atomic mass is 19.1. The number of nitrogens with one attached hydrogen (secondary N) is 1. The van der Waals surface area contributed by atoms with Crippen LogP contribution in [0.1, 0.15) is 44.6 Å². The van der Waals surface area contributed by atoms with Gasteiger partial charge in [-0.3, -0.25) is 4.68 Å².